The molecule has 0 bridgehead atoms. The highest BCUT2D eigenvalue weighted by atomic mass is 19.4. The van der Waals surface area contributed by atoms with Gasteiger partial charge in [0, 0.05) is 19.1 Å². The average Bonchev–Trinajstić information content (AvgIpc) is 3.15. The third-order valence-electron chi connectivity index (χ3n) is 5.67. The van der Waals surface area contributed by atoms with Gasteiger partial charge >= 0.3 is 6.18 Å². The number of rotatable bonds is 6. The summed E-state index contributed by atoms with van der Waals surface area (Å²) >= 11 is 0. The van der Waals surface area contributed by atoms with Crippen LogP contribution in [-0.4, -0.2) is 36.1 Å². The number of carbonyl (C=O) groups is 1. The number of hydrogen-bond donors (Lipinski definition) is 2. The Morgan fingerprint density at radius 1 is 1.33 bits per heavy atom. The van der Waals surface area contributed by atoms with E-state index in [-0.39, 0.29) is 23.9 Å². The van der Waals surface area contributed by atoms with Gasteiger partial charge in [-0.05, 0) is 49.1 Å². The number of primary amides is 1. The fraction of sp³-hybridized carbons (Fsp3) is 0.684. The van der Waals surface area contributed by atoms with Crippen molar-refractivity contribution in [2.24, 2.45) is 23.5 Å². The highest BCUT2D eigenvalue weighted by Crippen LogP contribution is 2.40. The molecule has 0 radical (unpaired) electrons. The average molecular weight is 384 g/mol. The maximum absolute atomic E-state index is 12.9. The van der Waals surface area contributed by atoms with Crippen LogP contribution in [0, 0.1) is 17.8 Å². The number of nitrogens with zero attached hydrogens (tertiary/aromatic N) is 2. The van der Waals surface area contributed by atoms with Gasteiger partial charge in [-0.1, -0.05) is 19.9 Å². The summed E-state index contributed by atoms with van der Waals surface area (Å²) in [5.74, 6) is 1.05. The topological polar surface area (TPSA) is 71.2 Å². The molecule has 1 saturated carbocycles. The van der Waals surface area contributed by atoms with Crippen molar-refractivity contribution in [3.05, 3.63) is 23.9 Å². The molecule has 3 rings (SSSR count). The summed E-state index contributed by atoms with van der Waals surface area (Å²) in [5, 5.41) is 3.42. The minimum Gasteiger partial charge on any atom is -0.368 e. The van der Waals surface area contributed by atoms with E-state index in [1.807, 2.05) is 18.7 Å². The molecule has 2 aliphatic rings. The number of fused-ring (bicyclic) bond motifs is 1. The Labute approximate surface area is 157 Å². The van der Waals surface area contributed by atoms with Gasteiger partial charge < -0.3 is 16.0 Å². The molecular formula is C19H27F3N4O. The van der Waals surface area contributed by atoms with Crippen molar-refractivity contribution in [3.8, 4) is 0 Å². The molecule has 0 aromatic carbocycles. The van der Waals surface area contributed by atoms with Crippen LogP contribution in [0.15, 0.2) is 18.2 Å². The fourth-order valence-corrected chi connectivity index (χ4v) is 4.41. The van der Waals surface area contributed by atoms with E-state index in [0.717, 1.165) is 18.9 Å². The van der Waals surface area contributed by atoms with Gasteiger partial charge in [-0.15, -0.1) is 0 Å². The van der Waals surface area contributed by atoms with Crippen LogP contribution in [0.4, 0.5) is 19.0 Å². The highest BCUT2D eigenvalue weighted by molar-refractivity contribution is 5.79. The first-order valence-corrected chi connectivity index (χ1v) is 9.49. The first-order valence-electron chi connectivity index (χ1n) is 9.49. The largest absolute Gasteiger partial charge is 0.433 e. The fourth-order valence-electron chi connectivity index (χ4n) is 4.41. The Bertz CT molecular complexity index is 679. The molecule has 1 aromatic rings. The molecule has 2 fully saturated rings. The van der Waals surface area contributed by atoms with Crippen molar-refractivity contribution in [1.82, 2.24) is 10.3 Å². The maximum atomic E-state index is 12.9. The minimum absolute atomic E-state index is 0.155. The van der Waals surface area contributed by atoms with E-state index < -0.39 is 11.9 Å². The summed E-state index contributed by atoms with van der Waals surface area (Å²) in [4.78, 5) is 17.5. The molecule has 0 unspecified atom stereocenters. The predicted octanol–water partition coefficient (Wildman–Crippen LogP) is 2.80. The van der Waals surface area contributed by atoms with Crippen molar-refractivity contribution in [2.75, 3.05) is 18.0 Å². The van der Waals surface area contributed by atoms with Crippen molar-refractivity contribution >= 4 is 11.7 Å². The van der Waals surface area contributed by atoms with Crippen LogP contribution >= 0.6 is 0 Å². The van der Waals surface area contributed by atoms with Crippen LogP contribution in [0.5, 0.6) is 0 Å². The number of halogens is 3. The van der Waals surface area contributed by atoms with Crippen LogP contribution in [0.2, 0.25) is 0 Å². The van der Waals surface area contributed by atoms with Crippen LogP contribution in [-0.2, 0) is 11.0 Å². The summed E-state index contributed by atoms with van der Waals surface area (Å²) in [7, 11) is 0. The Morgan fingerprint density at radius 3 is 2.70 bits per heavy atom. The number of carbonyl (C=O) groups excluding carboxylic acids is 1. The lowest BCUT2D eigenvalue weighted by Crippen LogP contribution is -2.49. The summed E-state index contributed by atoms with van der Waals surface area (Å²) in [6, 6.07) is 3.81. The quantitative estimate of drug-likeness (QED) is 0.791. The number of aromatic nitrogens is 1. The van der Waals surface area contributed by atoms with Crippen LogP contribution in [0.1, 0.15) is 38.8 Å². The first-order chi connectivity index (χ1) is 12.6. The van der Waals surface area contributed by atoms with E-state index in [9.17, 15) is 18.0 Å². The Morgan fingerprint density at radius 2 is 2.07 bits per heavy atom. The lowest BCUT2D eigenvalue weighted by atomic mass is 9.95. The predicted molar refractivity (Wildman–Crippen MR) is 97.0 cm³/mol. The molecule has 1 aliphatic carbocycles. The number of nitrogens with two attached hydrogens (primary N) is 1. The highest BCUT2D eigenvalue weighted by Gasteiger charge is 2.44. The molecule has 1 aromatic heterocycles. The van der Waals surface area contributed by atoms with E-state index in [1.165, 1.54) is 6.07 Å². The maximum Gasteiger partial charge on any atom is 0.433 e. The van der Waals surface area contributed by atoms with Gasteiger partial charge in [-0.2, -0.15) is 13.2 Å². The minimum atomic E-state index is -4.44. The van der Waals surface area contributed by atoms with Crippen molar-refractivity contribution in [2.45, 2.75) is 51.4 Å². The van der Waals surface area contributed by atoms with E-state index in [2.05, 4.69) is 10.3 Å². The molecule has 8 heteroatoms. The van der Waals surface area contributed by atoms with Crippen LogP contribution in [0.3, 0.4) is 0 Å². The first kappa shape index (κ1) is 19.9. The Kier molecular flexibility index (Phi) is 5.65. The molecule has 3 N–H and O–H groups in total. The zero-order valence-corrected chi connectivity index (χ0v) is 15.7. The summed E-state index contributed by atoms with van der Waals surface area (Å²) < 4.78 is 38.8. The number of amides is 1. The van der Waals surface area contributed by atoms with Crippen LogP contribution in [0.25, 0.3) is 0 Å². The second-order valence-corrected chi connectivity index (χ2v) is 8.14. The van der Waals surface area contributed by atoms with Gasteiger partial charge in [0.15, 0.2) is 0 Å². The number of nitrogens with one attached hydrogen (secondary N) is 1. The summed E-state index contributed by atoms with van der Waals surface area (Å²) in [5.41, 5.74) is 4.68. The van der Waals surface area contributed by atoms with E-state index in [1.54, 1.807) is 6.07 Å². The lowest BCUT2D eigenvalue weighted by Gasteiger charge is -2.27. The molecular weight excluding hydrogens is 357 g/mol. The molecule has 0 spiro atoms. The van der Waals surface area contributed by atoms with E-state index in [4.69, 9.17) is 5.73 Å². The standard InChI is InChI=1S/C19H27F3N4O/c1-11(2)8-15(18(23)27)24-14-7-6-12-9-26(10-13(12)14)17-5-3-4-16(25-17)19(20,21)22/h3-5,11-15,24H,6-10H2,1-2H3,(H2,23,27)/t12-,13+,14+,15+/m1/s1. The second kappa shape index (κ2) is 7.66. The lowest BCUT2D eigenvalue weighted by molar-refractivity contribution is -0.141. The van der Waals surface area contributed by atoms with Gasteiger partial charge in [-0.25, -0.2) is 4.98 Å². The van der Waals surface area contributed by atoms with Gasteiger partial charge in [0.05, 0.1) is 6.04 Å². The van der Waals surface area contributed by atoms with Crippen molar-refractivity contribution < 1.29 is 18.0 Å². The molecule has 1 saturated heterocycles. The van der Waals surface area contributed by atoms with Crippen LogP contribution < -0.4 is 16.0 Å². The molecule has 27 heavy (non-hydrogen) atoms. The molecule has 4 atom stereocenters. The monoisotopic (exact) mass is 384 g/mol. The smallest absolute Gasteiger partial charge is 0.368 e. The van der Waals surface area contributed by atoms with E-state index in [0.29, 0.717) is 37.2 Å². The Balaban J connectivity index is 1.69. The zero-order chi connectivity index (χ0) is 19.8. The van der Waals surface area contributed by atoms with Gasteiger partial charge in [0.2, 0.25) is 5.91 Å². The van der Waals surface area contributed by atoms with Gasteiger partial charge in [0.25, 0.3) is 0 Å². The molecule has 5 nitrogen and oxygen atoms in total. The third-order valence-corrected chi connectivity index (χ3v) is 5.67. The van der Waals surface area contributed by atoms with Crippen molar-refractivity contribution in [1.29, 1.82) is 0 Å². The molecule has 1 aliphatic heterocycles. The van der Waals surface area contributed by atoms with Gasteiger partial charge in [-0.3, -0.25) is 4.79 Å². The third kappa shape index (κ3) is 4.54. The van der Waals surface area contributed by atoms with E-state index >= 15 is 0 Å². The zero-order valence-electron chi connectivity index (χ0n) is 15.7. The number of hydrogen-bond acceptors (Lipinski definition) is 4. The number of alkyl halides is 3. The SMILES string of the molecule is CC(C)C[C@H](N[C@H]1CC[C@@H]2CN(c3cccc(C(F)(F)F)n3)C[C@@H]21)C(N)=O. The van der Waals surface area contributed by atoms with Crippen molar-refractivity contribution in [3.63, 3.8) is 0 Å². The summed E-state index contributed by atoms with van der Waals surface area (Å²) in [6.45, 7) is 5.43. The normalized spacial score (nSPS) is 26.4. The molecule has 1 amide bonds. The second-order valence-electron chi connectivity index (χ2n) is 8.14. The number of pyridine rings is 1. The molecule has 150 valence electrons. The number of anilines is 1. The molecule has 2 heterocycles. The summed E-state index contributed by atoms with van der Waals surface area (Å²) in [6.07, 6.45) is -1.81. The Hall–Kier alpha value is -1.83. The van der Waals surface area contributed by atoms with Gasteiger partial charge in [0.1, 0.15) is 11.5 Å².